The van der Waals surface area contributed by atoms with E-state index in [1.54, 1.807) is 62.6 Å². The third-order valence-corrected chi connectivity index (χ3v) is 7.88. The summed E-state index contributed by atoms with van der Waals surface area (Å²) in [4.78, 5) is 31.5. The van der Waals surface area contributed by atoms with Crippen molar-refractivity contribution in [3.63, 3.8) is 0 Å². The summed E-state index contributed by atoms with van der Waals surface area (Å²) in [5.41, 5.74) is 1.18. The highest BCUT2D eigenvalue weighted by Gasteiger charge is 2.33. The van der Waals surface area contributed by atoms with Crippen molar-refractivity contribution in [3.8, 4) is 11.5 Å². The first-order chi connectivity index (χ1) is 18.8. The summed E-state index contributed by atoms with van der Waals surface area (Å²) >= 11 is 13.4. The first-order valence-corrected chi connectivity index (χ1v) is 13.3. The number of hydrogen-bond acceptors (Lipinski definition) is 8. The molecule has 39 heavy (non-hydrogen) atoms. The molecular formula is C28H22Cl2N2O6S. The molecule has 0 bridgehead atoms. The Morgan fingerprint density at radius 2 is 1.90 bits per heavy atom. The van der Waals surface area contributed by atoms with Crippen LogP contribution in [0.2, 0.25) is 10.0 Å². The first-order valence-electron chi connectivity index (χ1n) is 11.7. The zero-order chi connectivity index (χ0) is 27.7. The van der Waals surface area contributed by atoms with Crippen molar-refractivity contribution in [2.45, 2.75) is 19.6 Å². The van der Waals surface area contributed by atoms with Crippen molar-refractivity contribution in [1.29, 1.82) is 0 Å². The van der Waals surface area contributed by atoms with Gasteiger partial charge in [0.05, 0.1) is 41.1 Å². The van der Waals surface area contributed by atoms with Crippen molar-refractivity contribution < 1.29 is 23.4 Å². The first kappa shape index (κ1) is 26.8. The highest BCUT2D eigenvalue weighted by molar-refractivity contribution is 7.07. The molecule has 0 radical (unpaired) electrons. The number of thiazole rings is 1. The monoisotopic (exact) mass is 584 g/mol. The Labute approximate surface area is 237 Å². The lowest BCUT2D eigenvalue weighted by Crippen LogP contribution is -2.39. The Kier molecular flexibility index (Phi) is 7.65. The smallest absolute Gasteiger partial charge is 0.338 e. The minimum absolute atomic E-state index is 0.119. The molecule has 1 aliphatic heterocycles. The van der Waals surface area contributed by atoms with E-state index < -0.39 is 12.0 Å². The van der Waals surface area contributed by atoms with Crippen molar-refractivity contribution in [2.75, 3.05) is 14.2 Å². The summed E-state index contributed by atoms with van der Waals surface area (Å²) in [7, 11) is 2.87. The summed E-state index contributed by atoms with van der Waals surface area (Å²) in [5.74, 6) is 1.53. The fourth-order valence-corrected chi connectivity index (χ4v) is 5.59. The van der Waals surface area contributed by atoms with Gasteiger partial charge in [-0.3, -0.25) is 9.36 Å². The number of allylic oxidation sites excluding steroid dienone is 1. The zero-order valence-electron chi connectivity index (χ0n) is 21.1. The maximum absolute atomic E-state index is 13.7. The Morgan fingerprint density at radius 3 is 2.62 bits per heavy atom. The average molecular weight is 585 g/mol. The van der Waals surface area contributed by atoms with E-state index in [0.29, 0.717) is 53.7 Å². The van der Waals surface area contributed by atoms with Gasteiger partial charge in [-0.05, 0) is 48.9 Å². The molecule has 0 saturated carbocycles. The quantitative estimate of drug-likeness (QED) is 0.287. The van der Waals surface area contributed by atoms with E-state index in [2.05, 4.69) is 4.99 Å². The molecule has 1 unspecified atom stereocenters. The summed E-state index contributed by atoms with van der Waals surface area (Å²) in [5, 5.41) is 0.711. The molecule has 11 heteroatoms. The van der Waals surface area contributed by atoms with Crippen LogP contribution in [0.3, 0.4) is 0 Å². The van der Waals surface area contributed by atoms with Gasteiger partial charge in [0.1, 0.15) is 34.6 Å². The topological polar surface area (TPSA) is 92.3 Å². The SMILES string of the molecule is COC(=O)C1=C(C)N=c2sc(=Cc3ccc(COc4cccc(Cl)c4Cl)o3)c(=O)n2C1c1ccc(OC)cc1. The molecule has 0 amide bonds. The Morgan fingerprint density at radius 1 is 1.13 bits per heavy atom. The fraction of sp³-hybridized carbons (Fsp3) is 0.179. The highest BCUT2D eigenvalue weighted by atomic mass is 35.5. The van der Waals surface area contributed by atoms with Gasteiger partial charge in [0.15, 0.2) is 4.80 Å². The van der Waals surface area contributed by atoms with Crippen LogP contribution in [0.1, 0.15) is 30.0 Å². The van der Waals surface area contributed by atoms with Crippen LogP contribution < -0.4 is 24.4 Å². The van der Waals surface area contributed by atoms with Crippen LogP contribution in [0.5, 0.6) is 11.5 Å². The average Bonchev–Trinajstić information content (AvgIpc) is 3.51. The molecule has 0 N–H and O–H groups in total. The Bertz CT molecular complexity index is 1770. The molecule has 0 aliphatic carbocycles. The lowest BCUT2D eigenvalue weighted by molar-refractivity contribution is -0.136. The zero-order valence-corrected chi connectivity index (χ0v) is 23.4. The van der Waals surface area contributed by atoms with Gasteiger partial charge in [-0.15, -0.1) is 0 Å². The summed E-state index contributed by atoms with van der Waals surface area (Å²) in [6.45, 7) is 1.85. The van der Waals surface area contributed by atoms with Gasteiger partial charge in [0.25, 0.3) is 5.56 Å². The standard InChI is InChI=1S/C28H22Cl2N2O6S/c1-15-23(27(34)36-3)25(16-7-9-17(35-2)10-8-16)32-26(33)22(39-28(32)31-15)13-18-11-12-19(38-18)14-37-21-6-4-5-20(29)24(21)30/h4-13,25H,14H2,1-3H3. The molecule has 3 heterocycles. The number of furan rings is 1. The second-order valence-corrected chi connectivity index (χ2v) is 10.3. The lowest BCUT2D eigenvalue weighted by atomic mass is 9.96. The van der Waals surface area contributed by atoms with Crippen LogP contribution in [0, 0.1) is 0 Å². The van der Waals surface area contributed by atoms with Gasteiger partial charge in [-0.25, -0.2) is 9.79 Å². The molecule has 0 fully saturated rings. The van der Waals surface area contributed by atoms with Crippen LogP contribution in [0.25, 0.3) is 6.08 Å². The number of carbonyl (C=O) groups excluding carboxylic acids is 1. The number of fused-ring (bicyclic) bond motifs is 1. The molecule has 0 saturated heterocycles. The Balaban J connectivity index is 1.51. The van der Waals surface area contributed by atoms with Crippen LogP contribution in [0.15, 0.2) is 80.1 Å². The van der Waals surface area contributed by atoms with Crippen molar-refractivity contribution in [3.05, 3.63) is 113 Å². The van der Waals surface area contributed by atoms with Gasteiger partial charge in [0, 0.05) is 6.08 Å². The van der Waals surface area contributed by atoms with Crippen LogP contribution >= 0.6 is 34.5 Å². The third-order valence-electron chi connectivity index (χ3n) is 6.10. The predicted molar refractivity (Wildman–Crippen MR) is 148 cm³/mol. The number of carbonyl (C=O) groups is 1. The van der Waals surface area contributed by atoms with E-state index in [4.69, 9.17) is 41.8 Å². The molecule has 8 nitrogen and oxygen atoms in total. The maximum atomic E-state index is 13.7. The van der Waals surface area contributed by atoms with Crippen molar-refractivity contribution >= 4 is 46.6 Å². The predicted octanol–water partition coefficient (Wildman–Crippen LogP) is 4.90. The van der Waals surface area contributed by atoms with E-state index in [-0.39, 0.29) is 12.2 Å². The minimum atomic E-state index is -0.718. The molecule has 2 aromatic carbocycles. The number of esters is 1. The van der Waals surface area contributed by atoms with Crippen LogP contribution in [0.4, 0.5) is 0 Å². The molecule has 0 spiro atoms. The summed E-state index contributed by atoms with van der Waals surface area (Å²) < 4.78 is 23.8. The summed E-state index contributed by atoms with van der Waals surface area (Å²) in [6, 6.07) is 15.1. The number of benzene rings is 2. The molecule has 4 aromatic rings. The number of rotatable bonds is 7. The lowest BCUT2D eigenvalue weighted by Gasteiger charge is -2.24. The fourth-order valence-electron chi connectivity index (χ4n) is 4.22. The highest BCUT2D eigenvalue weighted by Crippen LogP contribution is 2.33. The largest absolute Gasteiger partial charge is 0.497 e. The molecule has 1 atom stereocenters. The van der Waals surface area contributed by atoms with Crippen LogP contribution in [-0.4, -0.2) is 24.8 Å². The number of halogens is 2. The van der Waals surface area contributed by atoms with Gasteiger partial charge in [0.2, 0.25) is 0 Å². The van der Waals surface area contributed by atoms with Crippen LogP contribution in [-0.2, 0) is 16.1 Å². The normalized spacial score (nSPS) is 15.1. The second-order valence-electron chi connectivity index (χ2n) is 8.49. The van der Waals surface area contributed by atoms with Crippen molar-refractivity contribution in [2.24, 2.45) is 4.99 Å². The summed E-state index contributed by atoms with van der Waals surface area (Å²) in [6.07, 6.45) is 1.64. The van der Waals surface area contributed by atoms with Gasteiger partial charge in [-0.2, -0.15) is 0 Å². The third kappa shape index (κ3) is 5.25. The molecular weight excluding hydrogens is 563 g/mol. The molecule has 2 aromatic heterocycles. The minimum Gasteiger partial charge on any atom is -0.497 e. The van der Waals surface area contributed by atoms with E-state index in [9.17, 15) is 9.59 Å². The second kappa shape index (κ2) is 11.1. The number of hydrogen-bond donors (Lipinski definition) is 0. The van der Waals surface area contributed by atoms with Crippen molar-refractivity contribution in [1.82, 2.24) is 4.57 Å². The van der Waals surface area contributed by atoms with E-state index >= 15 is 0 Å². The Hall–Kier alpha value is -3.79. The number of ether oxygens (including phenoxy) is 3. The molecule has 1 aliphatic rings. The van der Waals surface area contributed by atoms with Gasteiger partial charge >= 0.3 is 5.97 Å². The molecule has 5 rings (SSSR count). The number of methoxy groups -OCH3 is 2. The van der Waals surface area contributed by atoms with Gasteiger partial charge < -0.3 is 18.6 Å². The van der Waals surface area contributed by atoms with Gasteiger partial charge in [-0.1, -0.05) is 52.7 Å². The maximum Gasteiger partial charge on any atom is 0.338 e. The van der Waals surface area contributed by atoms with E-state index in [1.165, 1.54) is 23.0 Å². The number of nitrogens with zero attached hydrogens (tertiary/aromatic N) is 2. The number of aromatic nitrogens is 1. The van der Waals surface area contributed by atoms with E-state index in [0.717, 1.165) is 5.56 Å². The molecule has 200 valence electrons. The van der Waals surface area contributed by atoms with E-state index in [1.807, 2.05) is 12.1 Å².